The van der Waals surface area contributed by atoms with Gasteiger partial charge in [-0.3, -0.25) is 4.79 Å². The van der Waals surface area contributed by atoms with E-state index in [1.807, 2.05) is 0 Å². The van der Waals surface area contributed by atoms with Crippen molar-refractivity contribution in [1.82, 2.24) is 5.32 Å². The molecule has 1 N–H and O–H groups in total. The number of amides is 1. The molecule has 0 spiro atoms. The van der Waals surface area contributed by atoms with Gasteiger partial charge in [-0.2, -0.15) is 13.2 Å². The third-order valence-corrected chi connectivity index (χ3v) is 1.82. The van der Waals surface area contributed by atoms with Gasteiger partial charge in [-0.25, -0.2) is 4.79 Å². The summed E-state index contributed by atoms with van der Waals surface area (Å²) in [6, 6.07) is -1.30. The zero-order chi connectivity index (χ0) is 13.8. The molecule has 0 aliphatic heterocycles. The Bertz CT molecular complexity index is 287. The van der Waals surface area contributed by atoms with Crippen molar-refractivity contribution >= 4 is 11.9 Å². The standard InChI is InChI=1S/C10H16F3NO3/c1-5(2)7(8(15)17-6(3)4)14-9(16)10(11,12)13/h5-7H,1-4H3,(H,14,16). The molecule has 0 aromatic heterocycles. The molecule has 0 fully saturated rings. The SMILES string of the molecule is CC(C)OC(=O)C(NC(=O)C(F)(F)F)C(C)C. The molecule has 4 nitrogen and oxygen atoms in total. The summed E-state index contributed by atoms with van der Waals surface area (Å²) in [6.07, 6.45) is -5.46. The van der Waals surface area contributed by atoms with E-state index in [0.29, 0.717) is 0 Å². The van der Waals surface area contributed by atoms with E-state index in [2.05, 4.69) is 0 Å². The van der Waals surface area contributed by atoms with Crippen LogP contribution in [-0.4, -0.2) is 30.2 Å². The first kappa shape index (κ1) is 15.7. The van der Waals surface area contributed by atoms with Crippen molar-refractivity contribution in [2.75, 3.05) is 0 Å². The predicted octanol–water partition coefficient (Wildman–Crippen LogP) is 1.64. The fourth-order valence-electron chi connectivity index (χ4n) is 1.03. The average Bonchev–Trinajstić information content (AvgIpc) is 2.09. The van der Waals surface area contributed by atoms with Gasteiger partial charge in [0.2, 0.25) is 0 Å². The maximum atomic E-state index is 12.0. The second-order valence-electron chi connectivity index (χ2n) is 4.18. The number of rotatable bonds is 4. The number of esters is 1. The van der Waals surface area contributed by atoms with Crippen molar-refractivity contribution in [3.05, 3.63) is 0 Å². The average molecular weight is 255 g/mol. The summed E-state index contributed by atoms with van der Waals surface area (Å²) in [6.45, 7) is 6.17. The first-order chi connectivity index (χ1) is 7.55. The van der Waals surface area contributed by atoms with Crippen molar-refractivity contribution in [2.24, 2.45) is 5.92 Å². The summed E-state index contributed by atoms with van der Waals surface area (Å²) in [5.74, 6) is -3.50. The summed E-state index contributed by atoms with van der Waals surface area (Å²) in [4.78, 5) is 22.2. The van der Waals surface area contributed by atoms with Crippen LogP contribution in [0.15, 0.2) is 0 Å². The minimum Gasteiger partial charge on any atom is -0.461 e. The lowest BCUT2D eigenvalue weighted by atomic mass is 10.0. The molecule has 0 aromatic carbocycles. The topological polar surface area (TPSA) is 55.4 Å². The summed E-state index contributed by atoms with van der Waals surface area (Å²) < 4.78 is 40.9. The van der Waals surface area contributed by atoms with E-state index in [0.717, 1.165) is 0 Å². The number of hydrogen-bond acceptors (Lipinski definition) is 3. The predicted molar refractivity (Wildman–Crippen MR) is 54.1 cm³/mol. The highest BCUT2D eigenvalue weighted by Crippen LogP contribution is 2.16. The van der Waals surface area contributed by atoms with E-state index in [9.17, 15) is 22.8 Å². The smallest absolute Gasteiger partial charge is 0.461 e. The highest BCUT2D eigenvalue weighted by Gasteiger charge is 2.41. The molecule has 0 saturated carbocycles. The maximum absolute atomic E-state index is 12.0. The highest BCUT2D eigenvalue weighted by molar-refractivity contribution is 5.87. The van der Waals surface area contributed by atoms with Gasteiger partial charge in [-0.1, -0.05) is 13.8 Å². The molecule has 1 atom stereocenters. The first-order valence-corrected chi connectivity index (χ1v) is 5.14. The van der Waals surface area contributed by atoms with Crippen LogP contribution < -0.4 is 5.32 Å². The molecule has 1 amide bonds. The number of alkyl halides is 3. The molecule has 17 heavy (non-hydrogen) atoms. The maximum Gasteiger partial charge on any atom is 0.471 e. The van der Waals surface area contributed by atoms with E-state index >= 15 is 0 Å². The van der Waals surface area contributed by atoms with Crippen molar-refractivity contribution < 1.29 is 27.5 Å². The molecular formula is C10H16F3NO3. The van der Waals surface area contributed by atoms with E-state index < -0.39 is 36.1 Å². The van der Waals surface area contributed by atoms with Gasteiger partial charge in [0, 0.05) is 0 Å². The number of carbonyl (C=O) groups excluding carboxylic acids is 2. The quantitative estimate of drug-likeness (QED) is 0.777. The molecule has 0 heterocycles. The van der Waals surface area contributed by atoms with Crippen LogP contribution in [0.5, 0.6) is 0 Å². The zero-order valence-electron chi connectivity index (χ0n) is 10.1. The Labute approximate surface area is 97.5 Å². The van der Waals surface area contributed by atoms with E-state index in [1.54, 1.807) is 19.2 Å². The minimum absolute atomic E-state index is 0.452. The number of halogens is 3. The number of ether oxygens (including phenoxy) is 1. The second-order valence-corrected chi connectivity index (χ2v) is 4.18. The van der Waals surface area contributed by atoms with Crippen LogP contribution in [0.25, 0.3) is 0 Å². The third kappa shape index (κ3) is 5.55. The summed E-state index contributed by atoms with van der Waals surface area (Å²) in [5, 5.41) is 1.62. The summed E-state index contributed by atoms with van der Waals surface area (Å²) in [5.41, 5.74) is 0. The Kier molecular flexibility index (Phi) is 5.44. The van der Waals surface area contributed by atoms with E-state index in [-0.39, 0.29) is 0 Å². The monoisotopic (exact) mass is 255 g/mol. The molecule has 7 heteroatoms. The number of nitrogens with one attached hydrogen (secondary N) is 1. The summed E-state index contributed by atoms with van der Waals surface area (Å²) >= 11 is 0. The second kappa shape index (κ2) is 5.88. The molecule has 0 aromatic rings. The minimum atomic E-state index is -5.01. The van der Waals surface area contributed by atoms with Crippen molar-refractivity contribution in [3.8, 4) is 0 Å². The Morgan fingerprint density at radius 2 is 1.59 bits per heavy atom. The van der Waals surface area contributed by atoms with Gasteiger partial charge in [0.25, 0.3) is 0 Å². The third-order valence-electron chi connectivity index (χ3n) is 1.82. The van der Waals surface area contributed by atoms with Crippen LogP contribution in [0, 0.1) is 5.92 Å². The molecule has 0 aliphatic carbocycles. The number of carbonyl (C=O) groups is 2. The first-order valence-electron chi connectivity index (χ1n) is 5.14. The summed E-state index contributed by atoms with van der Waals surface area (Å²) in [7, 11) is 0. The van der Waals surface area contributed by atoms with Crippen LogP contribution in [0.2, 0.25) is 0 Å². The fourth-order valence-corrected chi connectivity index (χ4v) is 1.03. The van der Waals surface area contributed by atoms with Gasteiger partial charge in [0.15, 0.2) is 0 Å². The molecule has 0 radical (unpaired) electrons. The number of hydrogen-bond donors (Lipinski definition) is 1. The largest absolute Gasteiger partial charge is 0.471 e. The van der Waals surface area contributed by atoms with Crippen molar-refractivity contribution in [3.63, 3.8) is 0 Å². The normalized spacial score (nSPS) is 13.7. The van der Waals surface area contributed by atoms with Gasteiger partial charge in [0.1, 0.15) is 6.04 Å². The highest BCUT2D eigenvalue weighted by atomic mass is 19.4. The van der Waals surface area contributed by atoms with Crippen molar-refractivity contribution in [1.29, 1.82) is 0 Å². The van der Waals surface area contributed by atoms with E-state index in [4.69, 9.17) is 4.74 Å². The van der Waals surface area contributed by atoms with Gasteiger partial charge < -0.3 is 10.1 Å². The molecule has 0 saturated heterocycles. The van der Waals surface area contributed by atoms with Crippen LogP contribution in [-0.2, 0) is 14.3 Å². The van der Waals surface area contributed by atoms with Gasteiger partial charge in [0.05, 0.1) is 6.10 Å². The Balaban J connectivity index is 4.66. The Hall–Kier alpha value is -1.27. The van der Waals surface area contributed by atoms with Crippen LogP contribution in [0.3, 0.4) is 0 Å². The molecule has 1 unspecified atom stereocenters. The van der Waals surface area contributed by atoms with Gasteiger partial charge >= 0.3 is 18.1 Å². The molecular weight excluding hydrogens is 239 g/mol. The molecule has 0 aliphatic rings. The lowest BCUT2D eigenvalue weighted by Crippen LogP contribution is -2.50. The van der Waals surface area contributed by atoms with Gasteiger partial charge in [-0.15, -0.1) is 0 Å². The van der Waals surface area contributed by atoms with Crippen LogP contribution in [0.4, 0.5) is 13.2 Å². The van der Waals surface area contributed by atoms with Crippen molar-refractivity contribution in [2.45, 2.75) is 46.0 Å². The van der Waals surface area contributed by atoms with E-state index in [1.165, 1.54) is 13.8 Å². The Morgan fingerprint density at radius 3 is 1.88 bits per heavy atom. The fraction of sp³-hybridized carbons (Fsp3) is 0.800. The van der Waals surface area contributed by atoms with Crippen LogP contribution >= 0.6 is 0 Å². The van der Waals surface area contributed by atoms with Gasteiger partial charge in [-0.05, 0) is 19.8 Å². The Morgan fingerprint density at radius 1 is 1.12 bits per heavy atom. The lowest BCUT2D eigenvalue weighted by Gasteiger charge is -2.22. The lowest BCUT2D eigenvalue weighted by molar-refractivity contribution is -0.176. The molecule has 100 valence electrons. The molecule has 0 rings (SSSR count). The van der Waals surface area contributed by atoms with Crippen LogP contribution in [0.1, 0.15) is 27.7 Å². The molecule has 0 bridgehead atoms. The zero-order valence-corrected chi connectivity index (χ0v) is 10.1.